The molecule has 0 saturated heterocycles. The summed E-state index contributed by atoms with van der Waals surface area (Å²) in [6.45, 7) is 0. The molecular weight excluding hydrogens is 197 g/mol. The van der Waals surface area contributed by atoms with Crippen LogP contribution in [0, 0.1) is 4.91 Å². The van der Waals surface area contributed by atoms with Crippen molar-refractivity contribution in [2.45, 2.75) is 0 Å². The molecule has 0 aliphatic rings. The number of nitrogens with zero attached hydrogens (tertiary/aromatic N) is 1. The van der Waals surface area contributed by atoms with Crippen molar-refractivity contribution in [2.75, 3.05) is 0 Å². The van der Waals surface area contributed by atoms with E-state index in [2.05, 4.69) is 0 Å². The zero-order valence-electron chi connectivity index (χ0n) is 6.44. The Morgan fingerprint density at radius 3 is 2.08 bits per heavy atom. The predicted molar refractivity (Wildman–Crippen MR) is 42.8 cm³/mol. The van der Waals surface area contributed by atoms with Crippen molar-refractivity contribution >= 4 is 12.7 Å². The third-order valence-electron chi connectivity index (χ3n) is 1.52. The molecule has 1 aromatic rings. The molecule has 7 heteroatoms. The van der Waals surface area contributed by atoms with Gasteiger partial charge in [-0.15, -0.1) is 0 Å². The van der Waals surface area contributed by atoms with Crippen molar-refractivity contribution in [2.24, 2.45) is 0 Å². The normalized spacial score (nSPS) is 14.5. The van der Waals surface area contributed by atoms with Gasteiger partial charge in [0.25, 0.3) is 0 Å². The van der Waals surface area contributed by atoms with Crippen molar-refractivity contribution in [1.29, 1.82) is 0 Å². The van der Waals surface area contributed by atoms with E-state index in [0.29, 0.717) is 0 Å². The van der Waals surface area contributed by atoms with E-state index in [-0.39, 0.29) is 0 Å². The first kappa shape index (κ1) is 10.0. The summed E-state index contributed by atoms with van der Waals surface area (Å²) in [7, 11) is -6.04. The first-order chi connectivity index (χ1) is 5.83. The van der Waals surface area contributed by atoms with E-state index in [4.69, 9.17) is 15.0 Å². The minimum atomic E-state index is -6.04. The Labute approximate surface area is 73.5 Å². The molecule has 1 aromatic carbocycles. The van der Waals surface area contributed by atoms with E-state index >= 15 is 0 Å². The van der Waals surface area contributed by atoms with Gasteiger partial charge in [0.1, 0.15) is 0 Å². The van der Waals surface area contributed by atoms with Crippen molar-refractivity contribution < 1.29 is 24.6 Å². The molecule has 0 unspecified atom stereocenters. The molecule has 0 heterocycles. The maximum atomic E-state index is 11.2. The standard InChI is InChI=1S/C6H8NO5P/c8-7(9)13(10,11,12)6-4-2-1-3-5-6/h1-5,10-11H,(H,8,9). The number of hydrogen-bond donors (Lipinski definition) is 3. The molecule has 0 radical (unpaired) electrons. The van der Waals surface area contributed by atoms with Crippen LogP contribution in [-0.4, -0.2) is 19.7 Å². The Bertz CT molecular complexity index is 330. The van der Waals surface area contributed by atoms with Gasteiger partial charge in [-0.2, -0.15) is 0 Å². The molecule has 0 bridgehead atoms. The van der Waals surface area contributed by atoms with E-state index in [1.807, 2.05) is 0 Å². The molecule has 0 aliphatic carbocycles. The maximum absolute atomic E-state index is 11.2. The summed E-state index contributed by atoms with van der Waals surface area (Å²) in [6, 6.07) is 6.36. The molecule has 0 saturated carbocycles. The first-order valence-electron chi connectivity index (χ1n) is 3.30. The first-order valence-corrected chi connectivity index (χ1v) is 5.31. The molecule has 0 aromatic heterocycles. The Balaban J connectivity index is 3.29. The molecule has 6 nitrogen and oxygen atoms in total. The summed E-state index contributed by atoms with van der Waals surface area (Å²) in [4.78, 5) is 39.5. The Morgan fingerprint density at radius 2 is 1.69 bits per heavy atom. The second-order valence-corrected chi connectivity index (χ2v) is 5.16. The van der Waals surface area contributed by atoms with Crippen molar-refractivity contribution in [3.8, 4) is 0 Å². The van der Waals surface area contributed by atoms with Crippen LogP contribution in [0.1, 0.15) is 0 Å². The molecule has 0 fully saturated rings. The van der Waals surface area contributed by atoms with Gasteiger partial charge in [-0.25, -0.2) is 0 Å². The van der Waals surface area contributed by atoms with Crippen LogP contribution in [0.5, 0.6) is 0 Å². The van der Waals surface area contributed by atoms with E-state index in [1.165, 1.54) is 18.2 Å². The molecule has 13 heavy (non-hydrogen) atoms. The summed E-state index contributed by atoms with van der Waals surface area (Å²) in [5, 5.41) is 7.78. The fraction of sp³-hybridized carbons (Fsp3) is 0. The van der Waals surface area contributed by atoms with E-state index in [0.717, 1.165) is 12.1 Å². The van der Waals surface area contributed by atoms with Gasteiger partial charge < -0.3 is 0 Å². The molecule has 0 spiro atoms. The van der Waals surface area contributed by atoms with Gasteiger partial charge in [-0.3, -0.25) is 0 Å². The van der Waals surface area contributed by atoms with Gasteiger partial charge in [-0.05, 0) is 0 Å². The van der Waals surface area contributed by atoms with E-state index < -0.39 is 17.4 Å². The van der Waals surface area contributed by atoms with E-state index in [9.17, 15) is 9.80 Å². The average Bonchev–Trinajstić information content (AvgIpc) is 2.05. The zero-order chi connectivity index (χ0) is 10.1. The van der Waals surface area contributed by atoms with Crippen LogP contribution in [-0.2, 0) is 0 Å². The Morgan fingerprint density at radius 1 is 1.23 bits per heavy atom. The molecular formula is C6H8NO5P. The van der Waals surface area contributed by atoms with Gasteiger partial charge in [0, 0.05) is 0 Å². The van der Waals surface area contributed by atoms with Gasteiger partial charge in [0.15, 0.2) is 0 Å². The molecule has 1 rings (SSSR count). The van der Waals surface area contributed by atoms with Gasteiger partial charge >= 0.3 is 72.6 Å². The Kier molecular flexibility index (Phi) is 2.09. The fourth-order valence-corrected chi connectivity index (χ4v) is 1.68. The van der Waals surface area contributed by atoms with Crippen LogP contribution in [0.15, 0.2) is 30.3 Å². The molecule has 72 valence electrons. The molecule has 0 amide bonds. The monoisotopic (exact) mass is 205 g/mol. The van der Waals surface area contributed by atoms with Crippen LogP contribution in [0.3, 0.4) is 0 Å². The predicted octanol–water partition coefficient (Wildman–Crippen LogP) is -0.962. The van der Waals surface area contributed by atoms with Crippen LogP contribution < -0.4 is 10.2 Å². The number of rotatable bonds is 2. The summed E-state index contributed by atoms with van der Waals surface area (Å²) in [5.41, 5.74) is 0. The van der Waals surface area contributed by atoms with Gasteiger partial charge in [-0.1, -0.05) is 0 Å². The quantitative estimate of drug-likeness (QED) is 0.426. The Hall–Kier alpha value is -1.07. The molecule has 0 atom stereocenters. The molecule has 0 aliphatic heterocycles. The summed E-state index contributed by atoms with van der Waals surface area (Å²) < 4.78 is -1.32. The van der Waals surface area contributed by atoms with Crippen LogP contribution >= 0.6 is 7.43 Å². The van der Waals surface area contributed by atoms with Crippen molar-refractivity contribution in [3.63, 3.8) is 0 Å². The molecule has 3 N–H and O–H groups in total. The van der Waals surface area contributed by atoms with Crippen molar-refractivity contribution in [1.82, 2.24) is 0 Å². The number of benzene rings is 1. The fourth-order valence-electron chi connectivity index (χ4n) is 0.788. The second-order valence-electron chi connectivity index (χ2n) is 2.49. The van der Waals surface area contributed by atoms with Gasteiger partial charge in [0.05, 0.1) is 0 Å². The third-order valence-corrected chi connectivity index (χ3v) is 3.34. The van der Waals surface area contributed by atoms with Crippen molar-refractivity contribution in [3.05, 3.63) is 35.2 Å². The van der Waals surface area contributed by atoms with E-state index in [1.54, 1.807) is 0 Å². The van der Waals surface area contributed by atoms with Crippen LogP contribution in [0.2, 0.25) is 0 Å². The summed E-state index contributed by atoms with van der Waals surface area (Å²) >= 11 is 0. The van der Waals surface area contributed by atoms with Crippen LogP contribution in [0.25, 0.3) is 0 Å². The minimum absolute atomic E-state index is 0.536. The van der Waals surface area contributed by atoms with Gasteiger partial charge in [0.2, 0.25) is 0 Å². The van der Waals surface area contributed by atoms with Crippen LogP contribution in [0.4, 0.5) is 0 Å². The zero-order valence-corrected chi connectivity index (χ0v) is 7.33. The third kappa shape index (κ3) is 1.66. The second kappa shape index (κ2) is 2.71. The topological polar surface area (TPSA) is 104 Å². The SMILES string of the molecule is O=[N+](O)P([O-])(O)(O)c1ccccc1. The summed E-state index contributed by atoms with van der Waals surface area (Å²) in [5.74, 6) is 0. The summed E-state index contributed by atoms with van der Waals surface area (Å²) in [6.07, 6.45) is 0. The number of hydrogen-bond acceptors (Lipinski definition) is 4. The average molecular weight is 205 g/mol.